The maximum atomic E-state index is 10.9. The summed E-state index contributed by atoms with van der Waals surface area (Å²) in [6.07, 6.45) is -0.523. The van der Waals surface area contributed by atoms with E-state index in [2.05, 4.69) is 15.5 Å². The molecule has 0 saturated heterocycles. The van der Waals surface area contributed by atoms with Crippen molar-refractivity contribution < 1.29 is 14.4 Å². The molecule has 0 radical (unpaired) electrons. The minimum Gasteiger partial charge on any atom is -0.465 e. The summed E-state index contributed by atoms with van der Waals surface area (Å²) < 4.78 is 4.91. The van der Waals surface area contributed by atoms with E-state index in [1.165, 1.54) is 0 Å². The van der Waals surface area contributed by atoms with Crippen molar-refractivity contribution in [3.63, 3.8) is 0 Å². The molecule has 0 aliphatic carbocycles. The average molecular weight is 241 g/mol. The molecule has 1 heterocycles. The predicted octanol–water partition coefficient (Wildman–Crippen LogP) is 2.30. The van der Waals surface area contributed by atoms with Crippen LogP contribution in [0, 0.1) is 12.3 Å². The number of rotatable bonds is 3. The van der Waals surface area contributed by atoms with E-state index in [9.17, 15) is 4.79 Å². The van der Waals surface area contributed by atoms with Crippen molar-refractivity contribution in [2.45, 2.75) is 46.6 Å². The van der Waals surface area contributed by atoms with Crippen LogP contribution in [0.15, 0.2) is 4.52 Å². The summed E-state index contributed by atoms with van der Waals surface area (Å²) >= 11 is 0. The Balaban J connectivity index is 3.05. The number of nitrogens with zero attached hydrogens (tertiary/aromatic N) is 2. The molecule has 0 aliphatic rings. The number of amides is 1. The second kappa shape index (κ2) is 4.35. The molecule has 0 aromatic carbocycles. The van der Waals surface area contributed by atoms with Gasteiger partial charge in [-0.15, -0.1) is 0 Å². The average Bonchev–Trinajstić information content (AvgIpc) is 2.46. The monoisotopic (exact) mass is 241 g/mol. The maximum absolute atomic E-state index is 10.9. The standard InChI is InChI=1S/C11H19N3O3/c1-7-12-8(14-17-7)11(5,13-9(15)16)6-10(2,3)4/h13H,6H2,1-5H3,(H,15,16). The van der Waals surface area contributed by atoms with Gasteiger partial charge >= 0.3 is 6.09 Å². The zero-order valence-electron chi connectivity index (χ0n) is 10.9. The van der Waals surface area contributed by atoms with Crippen molar-refractivity contribution in [3.05, 3.63) is 11.7 Å². The van der Waals surface area contributed by atoms with E-state index in [1.54, 1.807) is 13.8 Å². The molecule has 0 saturated carbocycles. The SMILES string of the molecule is Cc1nc(C(C)(CC(C)(C)C)NC(=O)O)no1. The van der Waals surface area contributed by atoms with E-state index in [4.69, 9.17) is 9.63 Å². The molecule has 0 spiro atoms. The first kappa shape index (κ1) is 13.5. The quantitative estimate of drug-likeness (QED) is 0.847. The molecular weight excluding hydrogens is 222 g/mol. The summed E-state index contributed by atoms with van der Waals surface area (Å²) in [6, 6.07) is 0. The van der Waals surface area contributed by atoms with Crippen LogP contribution in [0.1, 0.15) is 45.8 Å². The third-order valence-electron chi connectivity index (χ3n) is 2.29. The van der Waals surface area contributed by atoms with E-state index in [0.717, 1.165) is 0 Å². The Bertz CT molecular complexity index is 408. The Labute approximate surface area is 100 Å². The van der Waals surface area contributed by atoms with Crippen LogP contribution in [-0.2, 0) is 5.54 Å². The first-order valence-corrected chi connectivity index (χ1v) is 5.44. The first-order chi connectivity index (χ1) is 7.62. The summed E-state index contributed by atoms with van der Waals surface area (Å²) in [4.78, 5) is 15.0. The predicted molar refractivity (Wildman–Crippen MR) is 61.6 cm³/mol. The summed E-state index contributed by atoms with van der Waals surface area (Å²) in [5.41, 5.74) is -0.909. The van der Waals surface area contributed by atoms with E-state index in [1.807, 2.05) is 20.8 Å². The Hall–Kier alpha value is -1.59. The van der Waals surface area contributed by atoms with Crippen LogP contribution < -0.4 is 5.32 Å². The highest BCUT2D eigenvalue weighted by Gasteiger charge is 2.37. The van der Waals surface area contributed by atoms with Crippen LogP contribution >= 0.6 is 0 Å². The van der Waals surface area contributed by atoms with Crippen molar-refractivity contribution in [2.24, 2.45) is 5.41 Å². The molecule has 0 fully saturated rings. The smallest absolute Gasteiger partial charge is 0.405 e. The molecule has 6 nitrogen and oxygen atoms in total. The van der Waals surface area contributed by atoms with Crippen molar-refractivity contribution in [3.8, 4) is 0 Å². The maximum Gasteiger partial charge on any atom is 0.405 e. The minimum absolute atomic E-state index is 0.0638. The van der Waals surface area contributed by atoms with E-state index in [-0.39, 0.29) is 5.41 Å². The zero-order valence-corrected chi connectivity index (χ0v) is 10.9. The van der Waals surface area contributed by atoms with Crippen molar-refractivity contribution in [2.75, 3.05) is 0 Å². The van der Waals surface area contributed by atoms with Crippen molar-refractivity contribution in [1.82, 2.24) is 15.5 Å². The van der Waals surface area contributed by atoms with Gasteiger partial charge in [0.05, 0.1) is 0 Å². The van der Waals surface area contributed by atoms with Gasteiger partial charge in [0.1, 0.15) is 5.54 Å². The lowest BCUT2D eigenvalue weighted by molar-refractivity contribution is 0.159. The van der Waals surface area contributed by atoms with E-state index < -0.39 is 11.6 Å². The van der Waals surface area contributed by atoms with Gasteiger partial charge in [0.25, 0.3) is 0 Å². The van der Waals surface area contributed by atoms with Gasteiger partial charge < -0.3 is 14.9 Å². The summed E-state index contributed by atoms with van der Waals surface area (Å²) in [5, 5.41) is 15.2. The van der Waals surface area contributed by atoms with Gasteiger partial charge in [-0.3, -0.25) is 0 Å². The molecule has 0 aliphatic heterocycles. The highest BCUT2D eigenvalue weighted by atomic mass is 16.5. The Morgan fingerprint density at radius 1 is 1.41 bits per heavy atom. The number of aryl methyl sites for hydroxylation is 1. The molecule has 1 rings (SSSR count). The number of hydrogen-bond donors (Lipinski definition) is 2. The molecule has 17 heavy (non-hydrogen) atoms. The fraction of sp³-hybridized carbons (Fsp3) is 0.727. The molecule has 6 heteroatoms. The van der Waals surface area contributed by atoms with Crippen molar-refractivity contribution in [1.29, 1.82) is 0 Å². The molecular formula is C11H19N3O3. The van der Waals surface area contributed by atoms with Crippen LogP contribution in [-0.4, -0.2) is 21.3 Å². The normalized spacial score (nSPS) is 15.4. The Kier molecular flexibility index (Phi) is 3.45. The van der Waals surface area contributed by atoms with Crippen LogP contribution in [0.25, 0.3) is 0 Å². The third-order valence-corrected chi connectivity index (χ3v) is 2.29. The highest BCUT2D eigenvalue weighted by molar-refractivity contribution is 5.65. The Morgan fingerprint density at radius 2 is 2.00 bits per heavy atom. The summed E-state index contributed by atoms with van der Waals surface area (Å²) in [5.74, 6) is 0.791. The summed E-state index contributed by atoms with van der Waals surface area (Å²) in [7, 11) is 0. The number of aromatic nitrogens is 2. The van der Waals surface area contributed by atoms with Crippen LogP contribution in [0.4, 0.5) is 4.79 Å². The van der Waals surface area contributed by atoms with Crippen molar-refractivity contribution >= 4 is 6.09 Å². The lowest BCUT2D eigenvalue weighted by atomic mass is 9.80. The second-order valence-electron chi connectivity index (χ2n) is 5.64. The molecule has 0 bridgehead atoms. The first-order valence-electron chi connectivity index (χ1n) is 5.44. The number of carboxylic acid groups (broad SMARTS) is 1. The number of nitrogens with one attached hydrogen (secondary N) is 1. The van der Waals surface area contributed by atoms with Gasteiger partial charge in [-0.1, -0.05) is 25.9 Å². The lowest BCUT2D eigenvalue weighted by Gasteiger charge is -2.32. The van der Waals surface area contributed by atoms with Gasteiger partial charge in [0.2, 0.25) is 5.89 Å². The van der Waals surface area contributed by atoms with Gasteiger partial charge in [-0.2, -0.15) is 4.98 Å². The lowest BCUT2D eigenvalue weighted by Crippen LogP contribution is -2.46. The van der Waals surface area contributed by atoms with E-state index >= 15 is 0 Å². The van der Waals surface area contributed by atoms with E-state index in [0.29, 0.717) is 18.1 Å². The number of hydrogen-bond acceptors (Lipinski definition) is 4. The fourth-order valence-electron chi connectivity index (χ4n) is 2.00. The molecule has 1 atom stereocenters. The molecule has 1 aromatic heterocycles. The number of carbonyl (C=O) groups is 1. The molecule has 2 N–H and O–H groups in total. The van der Waals surface area contributed by atoms with Gasteiger partial charge in [0, 0.05) is 6.92 Å². The molecule has 96 valence electrons. The molecule has 1 unspecified atom stereocenters. The fourth-order valence-corrected chi connectivity index (χ4v) is 2.00. The second-order valence-corrected chi connectivity index (χ2v) is 5.64. The topological polar surface area (TPSA) is 88.2 Å². The van der Waals surface area contributed by atoms with Gasteiger partial charge in [-0.05, 0) is 18.8 Å². The van der Waals surface area contributed by atoms with Crippen LogP contribution in [0.5, 0.6) is 0 Å². The summed E-state index contributed by atoms with van der Waals surface area (Å²) in [6.45, 7) is 9.52. The Morgan fingerprint density at radius 3 is 2.35 bits per heavy atom. The van der Waals surface area contributed by atoms with Gasteiger partial charge in [0.15, 0.2) is 5.82 Å². The van der Waals surface area contributed by atoms with Crippen LogP contribution in [0.2, 0.25) is 0 Å². The van der Waals surface area contributed by atoms with Gasteiger partial charge in [-0.25, -0.2) is 4.79 Å². The molecule has 1 aromatic rings. The third kappa shape index (κ3) is 3.72. The highest BCUT2D eigenvalue weighted by Crippen LogP contribution is 2.33. The largest absolute Gasteiger partial charge is 0.465 e. The minimum atomic E-state index is -1.10. The zero-order chi connectivity index (χ0) is 13.3. The van der Waals surface area contributed by atoms with Crippen LogP contribution in [0.3, 0.4) is 0 Å². The molecule has 1 amide bonds.